The number of aryl methyl sites for hydroxylation is 1. The Morgan fingerprint density at radius 1 is 1.38 bits per heavy atom. The molecule has 0 unspecified atom stereocenters. The second-order valence-corrected chi connectivity index (χ2v) is 6.25. The summed E-state index contributed by atoms with van der Waals surface area (Å²) in [5.74, 6) is -0.894. The van der Waals surface area contributed by atoms with Crippen molar-refractivity contribution in [2.45, 2.75) is 24.8 Å². The fourth-order valence-corrected chi connectivity index (χ4v) is 3.09. The summed E-state index contributed by atoms with van der Waals surface area (Å²) < 4.78 is 1.68. The van der Waals surface area contributed by atoms with Gasteiger partial charge in [-0.1, -0.05) is 48.3 Å². The summed E-state index contributed by atoms with van der Waals surface area (Å²) in [7, 11) is 0. The maximum Gasteiger partial charge on any atom is 0.313 e. The Labute approximate surface area is 137 Å². The number of hydrogen-bond donors (Lipinski definition) is 1. The highest BCUT2D eigenvalue weighted by Gasteiger charge is 2.14. The van der Waals surface area contributed by atoms with Gasteiger partial charge in [-0.2, -0.15) is 5.10 Å². The summed E-state index contributed by atoms with van der Waals surface area (Å²) >= 11 is 13.3. The van der Waals surface area contributed by atoms with Gasteiger partial charge in [-0.3, -0.25) is 4.79 Å². The number of halogens is 2. The Bertz CT molecular complexity index is 658. The first-order chi connectivity index (χ1) is 10.0. The number of carbonyl (C=O) groups is 1. The van der Waals surface area contributed by atoms with E-state index in [0.717, 1.165) is 23.6 Å². The van der Waals surface area contributed by atoms with Crippen molar-refractivity contribution in [2.24, 2.45) is 0 Å². The first-order valence-electron chi connectivity index (χ1n) is 6.40. The Kier molecular flexibility index (Phi) is 5.56. The fourth-order valence-electron chi connectivity index (χ4n) is 1.85. The Morgan fingerprint density at radius 2 is 2.14 bits per heavy atom. The predicted molar refractivity (Wildman–Crippen MR) is 85.9 cm³/mol. The standard InChI is InChI=1S/C14H14Cl2N2O2S/c1-2-3-10-7-13(21-8-14(19)20)18(17-10)12-5-4-9(15)6-11(12)16/h4-7H,2-3,8H2,1H3,(H,19,20). The van der Waals surface area contributed by atoms with Crippen LogP contribution in [0.4, 0.5) is 0 Å². The van der Waals surface area contributed by atoms with Crippen LogP contribution in [0.2, 0.25) is 10.0 Å². The summed E-state index contributed by atoms with van der Waals surface area (Å²) in [6, 6.07) is 7.06. The van der Waals surface area contributed by atoms with E-state index in [0.29, 0.717) is 15.7 Å². The van der Waals surface area contributed by atoms with Crippen LogP contribution < -0.4 is 0 Å². The molecular weight excluding hydrogens is 331 g/mol. The molecule has 0 aliphatic heterocycles. The summed E-state index contributed by atoms with van der Waals surface area (Å²) in [5, 5.41) is 15.1. The zero-order chi connectivity index (χ0) is 15.4. The maximum absolute atomic E-state index is 10.8. The van der Waals surface area contributed by atoms with Gasteiger partial charge in [0.1, 0.15) is 5.03 Å². The van der Waals surface area contributed by atoms with Gasteiger partial charge in [-0.15, -0.1) is 0 Å². The molecule has 4 nitrogen and oxygen atoms in total. The molecule has 2 rings (SSSR count). The van der Waals surface area contributed by atoms with Crippen LogP contribution in [0.25, 0.3) is 5.69 Å². The maximum atomic E-state index is 10.8. The minimum Gasteiger partial charge on any atom is -0.481 e. The van der Waals surface area contributed by atoms with Crippen LogP contribution in [0.1, 0.15) is 19.0 Å². The summed E-state index contributed by atoms with van der Waals surface area (Å²) in [6.45, 7) is 2.07. The Morgan fingerprint density at radius 3 is 2.76 bits per heavy atom. The third-order valence-electron chi connectivity index (χ3n) is 2.71. The molecule has 0 atom stereocenters. The number of aliphatic carboxylic acids is 1. The van der Waals surface area contributed by atoms with E-state index in [9.17, 15) is 4.79 Å². The molecule has 21 heavy (non-hydrogen) atoms. The quantitative estimate of drug-likeness (QED) is 0.793. The highest BCUT2D eigenvalue weighted by atomic mass is 35.5. The van der Waals surface area contributed by atoms with Crippen LogP contribution in [0, 0.1) is 0 Å². The monoisotopic (exact) mass is 344 g/mol. The number of carboxylic acids is 1. The van der Waals surface area contributed by atoms with Gasteiger partial charge in [0.15, 0.2) is 0 Å². The number of rotatable bonds is 6. The largest absolute Gasteiger partial charge is 0.481 e. The SMILES string of the molecule is CCCc1cc(SCC(=O)O)n(-c2ccc(Cl)cc2Cl)n1. The number of hydrogen-bond acceptors (Lipinski definition) is 3. The van der Waals surface area contributed by atoms with E-state index in [2.05, 4.69) is 12.0 Å². The third kappa shape index (κ3) is 4.15. The smallest absolute Gasteiger partial charge is 0.313 e. The van der Waals surface area contributed by atoms with Gasteiger partial charge in [0.05, 0.1) is 22.2 Å². The van der Waals surface area contributed by atoms with E-state index in [1.807, 2.05) is 6.07 Å². The first kappa shape index (κ1) is 16.2. The lowest BCUT2D eigenvalue weighted by molar-refractivity contribution is -0.133. The third-order valence-corrected chi connectivity index (χ3v) is 4.23. The lowest BCUT2D eigenvalue weighted by Gasteiger charge is -2.08. The molecule has 1 heterocycles. The number of carboxylic acid groups (broad SMARTS) is 1. The van der Waals surface area contributed by atoms with Crippen molar-refractivity contribution >= 4 is 40.9 Å². The molecule has 0 spiro atoms. The average Bonchev–Trinajstić information content (AvgIpc) is 2.79. The van der Waals surface area contributed by atoms with Crippen LogP contribution in [-0.2, 0) is 11.2 Å². The van der Waals surface area contributed by atoms with E-state index in [1.165, 1.54) is 11.8 Å². The first-order valence-corrected chi connectivity index (χ1v) is 8.14. The van der Waals surface area contributed by atoms with Gasteiger partial charge < -0.3 is 5.11 Å². The second-order valence-electron chi connectivity index (χ2n) is 4.41. The summed E-state index contributed by atoms with van der Waals surface area (Å²) in [4.78, 5) is 10.8. The predicted octanol–water partition coefficient (Wildman–Crippen LogP) is 4.31. The van der Waals surface area contributed by atoms with Gasteiger partial charge in [0.25, 0.3) is 0 Å². The van der Waals surface area contributed by atoms with E-state index in [1.54, 1.807) is 22.9 Å². The molecule has 0 radical (unpaired) electrons. The average molecular weight is 345 g/mol. The number of nitrogens with zero attached hydrogens (tertiary/aromatic N) is 2. The van der Waals surface area contributed by atoms with E-state index in [4.69, 9.17) is 28.3 Å². The topological polar surface area (TPSA) is 55.1 Å². The van der Waals surface area contributed by atoms with Gasteiger partial charge in [-0.25, -0.2) is 4.68 Å². The highest BCUT2D eigenvalue weighted by Crippen LogP contribution is 2.29. The molecule has 7 heteroatoms. The molecule has 0 saturated carbocycles. The van der Waals surface area contributed by atoms with Crippen molar-refractivity contribution < 1.29 is 9.90 Å². The molecule has 0 saturated heterocycles. The van der Waals surface area contributed by atoms with Gasteiger partial charge in [-0.05, 0) is 30.7 Å². The fraction of sp³-hybridized carbons (Fsp3) is 0.286. The van der Waals surface area contributed by atoms with Crippen LogP contribution in [0.3, 0.4) is 0 Å². The van der Waals surface area contributed by atoms with Gasteiger partial charge in [0.2, 0.25) is 0 Å². The van der Waals surface area contributed by atoms with E-state index >= 15 is 0 Å². The zero-order valence-corrected chi connectivity index (χ0v) is 13.7. The van der Waals surface area contributed by atoms with Gasteiger partial charge >= 0.3 is 5.97 Å². The van der Waals surface area contributed by atoms with Crippen LogP contribution in [-0.4, -0.2) is 26.6 Å². The molecule has 112 valence electrons. The highest BCUT2D eigenvalue weighted by molar-refractivity contribution is 7.99. The molecule has 2 aromatic rings. The Hall–Kier alpha value is -1.17. The van der Waals surface area contributed by atoms with Gasteiger partial charge in [0, 0.05) is 5.02 Å². The van der Waals surface area contributed by atoms with Crippen molar-refractivity contribution in [3.8, 4) is 5.69 Å². The molecule has 0 amide bonds. The number of aromatic nitrogens is 2. The Balaban J connectivity index is 2.41. The molecule has 1 aromatic carbocycles. The molecule has 0 bridgehead atoms. The van der Waals surface area contributed by atoms with Crippen molar-refractivity contribution in [3.63, 3.8) is 0 Å². The van der Waals surface area contributed by atoms with Crippen molar-refractivity contribution in [1.82, 2.24) is 9.78 Å². The molecule has 1 N–H and O–H groups in total. The minimum absolute atomic E-state index is 0.0253. The van der Waals surface area contributed by atoms with E-state index < -0.39 is 5.97 Å². The van der Waals surface area contributed by atoms with Crippen LogP contribution >= 0.6 is 35.0 Å². The number of benzene rings is 1. The van der Waals surface area contributed by atoms with Crippen molar-refractivity contribution in [3.05, 3.63) is 40.0 Å². The van der Waals surface area contributed by atoms with E-state index in [-0.39, 0.29) is 5.75 Å². The van der Waals surface area contributed by atoms with Crippen molar-refractivity contribution in [2.75, 3.05) is 5.75 Å². The molecule has 1 aromatic heterocycles. The molecule has 0 aliphatic rings. The normalized spacial score (nSPS) is 10.8. The van der Waals surface area contributed by atoms with Crippen LogP contribution in [0.5, 0.6) is 0 Å². The lowest BCUT2D eigenvalue weighted by Crippen LogP contribution is -2.03. The lowest BCUT2D eigenvalue weighted by atomic mass is 10.3. The van der Waals surface area contributed by atoms with Crippen LogP contribution in [0.15, 0.2) is 29.3 Å². The minimum atomic E-state index is -0.869. The molecule has 0 fully saturated rings. The molecular formula is C14H14Cl2N2O2S. The number of thioether (sulfide) groups is 1. The summed E-state index contributed by atoms with van der Waals surface area (Å²) in [6.07, 6.45) is 1.80. The summed E-state index contributed by atoms with van der Waals surface area (Å²) in [5.41, 5.74) is 1.60. The molecule has 0 aliphatic carbocycles. The second kappa shape index (κ2) is 7.20. The van der Waals surface area contributed by atoms with Crippen molar-refractivity contribution in [1.29, 1.82) is 0 Å². The zero-order valence-electron chi connectivity index (χ0n) is 11.3.